The van der Waals surface area contributed by atoms with E-state index >= 15 is 0 Å². The standard InChI is InChI=1S/C15H11N3O/c16-18-17-15-9-7-13(8-10-15)2-1-12-3-5-14(11-19)6-4-12/h1-11H/b2-1+. The Morgan fingerprint density at radius 3 is 1.79 bits per heavy atom. The molecule has 0 bridgehead atoms. The highest BCUT2D eigenvalue weighted by Gasteiger charge is 1.91. The molecule has 4 heteroatoms. The van der Waals surface area contributed by atoms with E-state index in [9.17, 15) is 4.79 Å². The topological polar surface area (TPSA) is 65.8 Å². The average molecular weight is 249 g/mol. The highest BCUT2D eigenvalue weighted by atomic mass is 16.1. The molecule has 0 aliphatic carbocycles. The maximum Gasteiger partial charge on any atom is 0.150 e. The fourth-order valence-corrected chi connectivity index (χ4v) is 1.58. The third-order valence-corrected chi connectivity index (χ3v) is 2.59. The number of benzene rings is 2. The lowest BCUT2D eigenvalue weighted by Gasteiger charge is -1.96. The summed E-state index contributed by atoms with van der Waals surface area (Å²) in [6.07, 6.45) is 4.73. The Hall–Kier alpha value is -2.84. The molecule has 0 atom stereocenters. The van der Waals surface area contributed by atoms with Crippen LogP contribution in [-0.4, -0.2) is 6.29 Å². The Morgan fingerprint density at radius 1 is 0.842 bits per heavy atom. The van der Waals surface area contributed by atoms with Crippen LogP contribution in [0.4, 0.5) is 5.69 Å². The highest BCUT2D eigenvalue weighted by molar-refractivity contribution is 5.76. The molecule has 0 heterocycles. The van der Waals surface area contributed by atoms with Crippen LogP contribution in [0.2, 0.25) is 0 Å². The van der Waals surface area contributed by atoms with E-state index in [-0.39, 0.29) is 0 Å². The zero-order chi connectivity index (χ0) is 13.5. The van der Waals surface area contributed by atoms with Crippen molar-refractivity contribution in [1.82, 2.24) is 0 Å². The predicted octanol–water partition coefficient (Wildman–Crippen LogP) is 4.61. The molecule has 0 amide bonds. The average Bonchev–Trinajstić information content (AvgIpc) is 2.47. The normalized spacial score (nSPS) is 10.1. The zero-order valence-corrected chi connectivity index (χ0v) is 10.1. The van der Waals surface area contributed by atoms with Crippen LogP contribution < -0.4 is 0 Å². The molecule has 0 spiro atoms. The molecule has 0 saturated heterocycles. The lowest BCUT2D eigenvalue weighted by Crippen LogP contribution is -1.78. The first-order valence-electron chi connectivity index (χ1n) is 5.70. The molecule has 4 nitrogen and oxygen atoms in total. The van der Waals surface area contributed by atoms with Gasteiger partial charge in [0, 0.05) is 16.2 Å². The molecule has 19 heavy (non-hydrogen) atoms. The second kappa shape index (κ2) is 6.19. The SMILES string of the molecule is [N-]=[N+]=Nc1ccc(/C=C/c2ccc(C=O)cc2)cc1. The Kier molecular flexibility index (Phi) is 4.11. The molecule has 2 rings (SSSR count). The van der Waals surface area contributed by atoms with E-state index in [2.05, 4.69) is 10.0 Å². The van der Waals surface area contributed by atoms with E-state index in [1.807, 2.05) is 36.4 Å². The molecular formula is C15H11N3O. The van der Waals surface area contributed by atoms with Crippen molar-refractivity contribution in [3.8, 4) is 0 Å². The summed E-state index contributed by atoms with van der Waals surface area (Å²) in [7, 11) is 0. The van der Waals surface area contributed by atoms with Gasteiger partial charge in [0.05, 0.1) is 0 Å². The second-order valence-electron chi connectivity index (χ2n) is 3.90. The summed E-state index contributed by atoms with van der Waals surface area (Å²) in [5.74, 6) is 0. The smallest absolute Gasteiger partial charge is 0.150 e. The van der Waals surface area contributed by atoms with Crippen molar-refractivity contribution in [3.63, 3.8) is 0 Å². The van der Waals surface area contributed by atoms with Crippen LogP contribution in [0.15, 0.2) is 53.6 Å². The van der Waals surface area contributed by atoms with Gasteiger partial charge >= 0.3 is 0 Å². The maximum absolute atomic E-state index is 10.5. The minimum atomic E-state index is 0.593. The molecule has 0 fully saturated rings. The first-order chi connectivity index (χ1) is 9.31. The van der Waals surface area contributed by atoms with Gasteiger partial charge in [0.2, 0.25) is 0 Å². The minimum Gasteiger partial charge on any atom is -0.298 e. The monoisotopic (exact) mass is 249 g/mol. The maximum atomic E-state index is 10.5. The molecule has 0 radical (unpaired) electrons. The number of aldehydes is 1. The molecule has 2 aromatic carbocycles. The lowest BCUT2D eigenvalue weighted by atomic mass is 10.1. The lowest BCUT2D eigenvalue weighted by molar-refractivity contribution is 0.112. The molecule has 0 aromatic heterocycles. The highest BCUT2D eigenvalue weighted by Crippen LogP contribution is 2.15. The van der Waals surface area contributed by atoms with E-state index < -0.39 is 0 Å². The fourth-order valence-electron chi connectivity index (χ4n) is 1.58. The number of carbonyl (C=O) groups excluding carboxylic acids is 1. The molecule has 0 N–H and O–H groups in total. The Bertz CT molecular complexity index is 636. The van der Waals surface area contributed by atoms with Gasteiger partial charge in [-0.25, -0.2) is 0 Å². The number of azide groups is 1. The Morgan fingerprint density at radius 2 is 1.32 bits per heavy atom. The van der Waals surface area contributed by atoms with E-state index in [1.165, 1.54) is 0 Å². The van der Waals surface area contributed by atoms with Crippen molar-refractivity contribution in [2.45, 2.75) is 0 Å². The number of carbonyl (C=O) groups is 1. The van der Waals surface area contributed by atoms with Crippen molar-refractivity contribution >= 4 is 24.1 Å². The number of hydrogen-bond acceptors (Lipinski definition) is 2. The van der Waals surface area contributed by atoms with Crippen LogP contribution in [0.3, 0.4) is 0 Å². The third-order valence-electron chi connectivity index (χ3n) is 2.59. The summed E-state index contributed by atoms with van der Waals surface area (Å²) in [6.45, 7) is 0. The van der Waals surface area contributed by atoms with Gasteiger partial charge in [0.15, 0.2) is 0 Å². The van der Waals surface area contributed by atoms with E-state index in [0.29, 0.717) is 11.3 Å². The molecular weight excluding hydrogens is 238 g/mol. The van der Waals surface area contributed by atoms with Crippen LogP contribution in [0, 0.1) is 0 Å². The molecule has 0 aliphatic rings. The van der Waals surface area contributed by atoms with Crippen LogP contribution in [0.1, 0.15) is 21.5 Å². The van der Waals surface area contributed by atoms with E-state index in [1.54, 1.807) is 24.3 Å². The first-order valence-corrected chi connectivity index (χ1v) is 5.70. The summed E-state index contributed by atoms with van der Waals surface area (Å²) in [6, 6.07) is 14.6. The fraction of sp³-hybridized carbons (Fsp3) is 0. The zero-order valence-electron chi connectivity index (χ0n) is 10.1. The summed E-state index contributed by atoms with van der Waals surface area (Å²) in [4.78, 5) is 13.3. The molecule has 0 aliphatic heterocycles. The minimum absolute atomic E-state index is 0.593. The van der Waals surface area contributed by atoms with E-state index in [4.69, 9.17) is 5.53 Å². The van der Waals surface area contributed by atoms with Gasteiger partial charge in [-0.2, -0.15) is 0 Å². The van der Waals surface area contributed by atoms with Crippen molar-refractivity contribution in [2.75, 3.05) is 0 Å². The van der Waals surface area contributed by atoms with Gasteiger partial charge < -0.3 is 0 Å². The van der Waals surface area contributed by atoms with Gasteiger partial charge in [-0.15, -0.1) is 0 Å². The summed E-state index contributed by atoms with van der Waals surface area (Å²) in [5.41, 5.74) is 11.6. The predicted molar refractivity (Wildman–Crippen MR) is 76.0 cm³/mol. The number of hydrogen-bond donors (Lipinski definition) is 0. The number of nitrogens with zero attached hydrogens (tertiary/aromatic N) is 3. The van der Waals surface area contributed by atoms with Gasteiger partial charge in [0.1, 0.15) is 6.29 Å². The number of rotatable bonds is 4. The summed E-state index contributed by atoms with van der Waals surface area (Å²) < 4.78 is 0. The van der Waals surface area contributed by atoms with Crippen LogP contribution in [0.25, 0.3) is 22.6 Å². The molecule has 0 unspecified atom stereocenters. The van der Waals surface area contributed by atoms with Gasteiger partial charge in [-0.1, -0.05) is 65.8 Å². The van der Waals surface area contributed by atoms with Crippen molar-refractivity contribution in [3.05, 3.63) is 75.7 Å². The largest absolute Gasteiger partial charge is 0.298 e. The Labute approximate surface area is 110 Å². The van der Waals surface area contributed by atoms with Crippen molar-refractivity contribution in [2.24, 2.45) is 5.11 Å². The molecule has 92 valence electrons. The van der Waals surface area contributed by atoms with Crippen LogP contribution in [-0.2, 0) is 0 Å². The van der Waals surface area contributed by atoms with Gasteiger partial charge in [-0.05, 0) is 16.7 Å². The van der Waals surface area contributed by atoms with Gasteiger partial charge in [-0.3, -0.25) is 4.79 Å². The van der Waals surface area contributed by atoms with Crippen molar-refractivity contribution in [1.29, 1.82) is 0 Å². The summed E-state index contributed by atoms with van der Waals surface area (Å²) in [5, 5.41) is 3.51. The van der Waals surface area contributed by atoms with Crippen molar-refractivity contribution < 1.29 is 4.79 Å². The van der Waals surface area contributed by atoms with E-state index in [0.717, 1.165) is 17.4 Å². The quantitative estimate of drug-likeness (QED) is 0.256. The summed E-state index contributed by atoms with van der Waals surface area (Å²) >= 11 is 0. The van der Waals surface area contributed by atoms with Crippen LogP contribution in [0.5, 0.6) is 0 Å². The van der Waals surface area contributed by atoms with Gasteiger partial charge in [0.25, 0.3) is 0 Å². The molecule has 2 aromatic rings. The molecule has 0 saturated carbocycles. The third kappa shape index (κ3) is 3.56. The Balaban J connectivity index is 2.12. The van der Waals surface area contributed by atoms with Crippen LogP contribution >= 0.6 is 0 Å². The second-order valence-corrected chi connectivity index (χ2v) is 3.90. The first kappa shape index (κ1) is 12.6.